The molecule has 296 valence electrons. The highest BCUT2D eigenvalue weighted by Gasteiger charge is 2.19. The van der Waals surface area contributed by atoms with Crippen molar-refractivity contribution in [2.75, 3.05) is 13.2 Å². The molecule has 0 radical (unpaired) electrons. The normalized spacial score (nSPS) is 11.9. The number of carbonyl (C=O) groups is 3. The van der Waals surface area contributed by atoms with Gasteiger partial charge in [0.15, 0.2) is 6.10 Å². The molecule has 50 heavy (non-hydrogen) atoms. The molecule has 0 saturated heterocycles. The fourth-order valence-corrected chi connectivity index (χ4v) is 6.45. The predicted octanol–water partition coefficient (Wildman–Crippen LogP) is 13.6. The molecule has 0 aliphatic heterocycles. The highest BCUT2D eigenvalue weighted by atomic mass is 16.6. The summed E-state index contributed by atoms with van der Waals surface area (Å²) in [7, 11) is 0. The van der Waals surface area contributed by atoms with Gasteiger partial charge in [-0.3, -0.25) is 14.4 Å². The minimum Gasteiger partial charge on any atom is -0.462 e. The van der Waals surface area contributed by atoms with Gasteiger partial charge in [0.25, 0.3) is 0 Å². The van der Waals surface area contributed by atoms with Crippen LogP contribution in [0.15, 0.2) is 0 Å². The van der Waals surface area contributed by atoms with E-state index >= 15 is 0 Å². The summed E-state index contributed by atoms with van der Waals surface area (Å²) < 4.78 is 16.7. The van der Waals surface area contributed by atoms with E-state index in [4.69, 9.17) is 14.2 Å². The van der Waals surface area contributed by atoms with Gasteiger partial charge in [0.1, 0.15) is 13.2 Å². The maximum absolute atomic E-state index is 12.7. The van der Waals surface area contributed by atoms with Gasteiger partial charge in [0.05, 0.1) is 0 Å². The molecule has 0 unspecified atom stereocenters. The molecule has 0 bridgehead atoms. The first kappa shape index (κ1) is 48.4. The maximum atomic E-state index is 12.7. The Morgan fingerprint density at radius 2 is 0.660 bits per heavy atom. The van der Waals surface area contributed by atoms with Gasteiger partial charge in [-0.1, -0.05) is 201 Å². The van der Waals surface area contributed by atoms with Gasteiger partial charge in [-0.15, -0.1) is 0 Å². The maximum Gasteiger partial charge on any atom is 0.306 e. The Morgan fingerprint density at radius 3 is 0.980 bits per heavy atom. The monoisotopic (exact) mass is 709 g/mol. The molecular formula is C44H84O6. The lowest BCUT2D eigenvalue weighted by Gasteiger charge is -2.18. The second kappa shape index (κ2) is 38.6. The zero-order chi connectivity index (χ0) is 36.8. The van der Waals surface area contributed by atoms with Crippen molar-refractivity contribution in [1.82, 2.24) is 0 Å². The summed E-state index contributed by atoms with van der Waals surface area (Å²) in [6.07, 6.45) is 36.6. The number of unbranched alkanes of at least 4 members (excludes halogenated alkanes) is 26. The van der Waals surface area contributed by atoms with E-state index in [1.165, 1.54) is 135 Å². The van der Waals surface area contributed by atoms with Crippen molar-refractivity contribution in [3.05, 3.63) is 0 Å². The number of rotatable bonds is 39. The third-order valence-corrected chi connectivity index (χ3v) is 9.79. The van der Waals surface area contributed by atoms with Crippen LogP contribution in [0.4, 0.5) is 0 Å². The van der Waals surface area contributed by atoms with E-state index in [1.54, 1.807) is 0 Å². The zero-order valence-corrected chi connectivity index (χ0v) is 33.9. The van der Waals surface area contributed by atoms with Crippen LogP contribution in [0.25, 0.3) is 0 Å². The highest BCUT2D eigenvalue weighted by Crippen LogP contribution is 2.16. The summed E-state index contributed by atoms with van der Waals surface area (Å²) in [5.41, 5.74) is 0. The lowest BCUT2D eigenvalue weighted by Crippen LogP contribution is -2.30. The Kier molecular flexibility index (Phi) is 37.4. The molecule has 0 aromatic rings. The molecule has 0 aromatic carbocycles. The van der Waals surface area contributed by atoms with Gasteiger partial charge >= 0.3 is 17.9 Å². The topological polar surface area (TPSA) is 78.9 Å². The van der Waals surface area contributed by atoms with Crippen LogP contribution in [-0.4, -0.2) is 37.2 Å². The molecule has 6 heteroatoms. The second-order valence-corrected chi connectivity index (χ2v) is 15.5. The van der Waals surface area contributed by atoms with Crippen molar-refractivity contribution < 1.29 is 28.6 Å². The summed E-state index contributed by atoms with van der Waals surface area (Å²) in [5, 5.41) is 0. The number of hydrogen-bond donors (Lipinski definition) is 0. The van der Waals surface area contributed by atoms with Crippen LogP contribution in [0.1, 0.15) is 240 Å². The first-order chi connectivity index (χ1) is 24.4. The first-order valence-corrected chi connectivity index (χ1v) is 21.9. The molecule has 0 heterocycles. The fourth-order valence-electron chi connectivity index (χ4n) is 6.45. The largest absolute Gasteiger partial charge is 0.462 e. The number of carbonyl (C=O) groups excluding carboxylic acids is 3. The SMILES string of the molecule is CCCCCCCCCCCCCCC(=O)O[C@H](COC(=O)CCCCCCCCCCC)COC(=O)CCCCCCCCCCC(C)C. The van der Waals surface area contributed by atoms with Gasteiger partial charge in [0.2, 0.25) is 0 Å². The molecule has 0 saturated carbocycles. The van der Waals surface area contributed by atoms with E-state index in [-0.39, 0.29) is 31.1 Å². The van der Waals surface area contributed by atoms with Crippen LogP contribution in [0, 0.1) is 5.92 Å². The van der Waals surface area contributed by atoms with Gasteiger partial charge in [-0.05, 0) is 25.2 Å². The van der Waals surface area contributed by atoms with Crippen molar-refractivity contribution in [3.8, 4) is 0 Å². The van der Waals surface area contributed by atoms with Crippen LogP contribution in [0.5, 0.6) is 0 Å². The van der Waals surface area contributed by atoms with Gasteiger partial charge in [0, 0.05) is 19.3 Å². The molecule has 0 aliphatic carbocycles. The van der Waals surface area contributed by atoms with E-state index in [0.29, 0.717) is 19.3 Å². The molecule has 0 N–H and O–H groups in total. The summed E-state index contributed by atoms with van der Waals surface area (Å²) in [6.45, 7) is 8.93. The average Bonchev–Trinajstić information content (AvgIpc) is 3.09. The van der Waals surface area contributed by atoms with Crippen molar-refractivity contribution in [3.63, 3.8) is 0 Å². The van der Waals surface area contributed by atoms with Crippen molar-refractivity contribution >= 4 is 17.9 Å². The van der Waals surface area contributed by atoms with Crippen molar-refractivity contribution in [2.45, 2.75) is 246 Å². The van der Waals surface area contributed by atoms with E-state index in [2.05, 4.69) is 27.7 Å². The summed E-state index contributed by atoms with van der Waals surface area (Å²) in [4.78, 5) is 37.6. The van der Waals surface area contributed by atoms with Gasteiger partial charge in [-0.2, -0.15) is 0 Å². The van der Waals surface area contributed by atoms with E-state index in [0.717, 1.165) is 63.7 Å². The average molecular weight is 709 g/mol. The fraction of sp³-hybridized carbons (Fsp3) is 0.932. The molecule has 0 spiro atoms. The number of esters is 3. The Hall–Kier alpha value is -1.59. The van der Waals surface area contributed by atoms with Crippen molar-refractivity contribution in [2.24, 2.45) is 5.92 Å². The predicted molar refractivity (Wildman–Crippen MR) is 210 cm³/mol. The van der Waals surface area contributed by atoms with Crippen LogP contribution >= 0.6 is 0 Å². The summed E-state index contributed by atoms with van der Waals surface area (Å²) in [6, 6.07) is 0. The van der Waals surface area contributed by atoms with Crippen LogP contribution in [0.2, 0.25) is 0 Å². The lowest BCUT2D eigenvalue weighted by atomic mass is 10.0. The third kappa shape index (κ3) is 37.7. The van der Waals surface area contributed by atoms with Gasteiger partial charge < -0.3 is 14.2 Å². The van der Waals surface area contributed by atoms with E-state index < -0.39 is 6.10 Å². The second-order valence-electron chi connectivity index (χ2n) is 15.5. The quantitative estimate of drug-likeness (QED) is 0.0359. The minimum absolute atomic E-state index is 0.0646. The number of hydrogen-bond acceptors (Lipinski definition) is 6. The van der Waals surface area contributed by atoms with Crippen LogP contribution in [0.3, 0.4) is 0 Å². The standard InChI is InChI=1S/C44H84O6/c1-5-7-9-11-13-15-16-17-19-25-29-33-37-44(47)50-41(38-48-42(45)35-31-27-23-18-14-12-10-8-6-2)39-49-43(46)36-32-28-24-21-20-22-26-30-34-40(3)4/h40-41H,5-39H2,1-4H3/t41-/m1/s1. The molecule has 0 aliphatic rings. The summed E-state index contributed by atoms with van der Waals surface area (Å²) >= 11 is 0. The molecule has 1 atom stereocenters. The summed E-state index contributed by atoms with van der Waals surface area (Å²) in [5.74, 6) is -0.0641. The van der Waals surface area contributed by atoms with Crippen LogP contribution < -0.4 is 0 Å². The van der Waals surface area contributed by atoms with E-state index in [1.807, 2.05) is 0 Å². The van der Waals surface area contributed by atoms with Crippen LogP contribution in [-0.2, 0) is 28.6 Å². The smallest absolute Gasteiger partial charge is 0.306 e. The Morgan fingerprint density at radius 1 is 0.380 bits per heavy atom. The molecular weight excluding hydrogens is 624 g/mol. The number of ether oxygens (including phenoxy) is 3. The van der Waals surface area contributed by atoms with Crippen molar-refractivity contribution in [1.29, 1.82) is 0 Å². The third-order valence-electron chi connectivity index (χ3n) is 9.79. The minimum atomic E-state index is -0.758. The Labute approximate surface area is 310 Å². The molecule has 0 aromatic heterocycles. The molecule has 0 fully saturated rings. The lowest BCUT2D eigenvalue weighted by molar-refractivity contribution is -0.167. The Balaban J connectivity index is 4.33. The Bertz CT molecular complexity index is 751. The zero-order valence-electron chi connectivity index (χ0n) is 33.9. The molecule has 6 nitrogen and oxygen atoms in total. The first-order valence-electron chi connectivity index (χ1n) is 21.9. The molecule has 0 rings (SSSR count). The van der Waals surface area contributed by atoms with E-state index in [9.17, 15) is 14.4 Å². The highest BCUT2D eigenvalue weighted by molar-refractivity contribution is 5.71. The van der Waals surface area contributed by atoms with Gasteiger partial charge in [-0.25, -0.2) is 0 Å². The molecule has 0 amide bonds.